The van der Waals surface area contributed by atoms with Crippen molar-refractivity contribution in [3.05, 3.63) is 143 Å². The van der Waals surface area contributed by atoms with E-state index in [0.717, 1.165) is 35.2 Å². The van der Waals surface area contributed by atoms with Crippen LogP contribution in [-0.4, -0.2) is 21.0 Å². The minimum Gasteiger partial charge on any atom is -0.477 e. The Morgan fingerprint density at radius 2 is 1.52 bits per heavy atom. The van der Waals surface area contributed by atoms with Gasteiger partial charge < -0.3 is 5.11 Å². The van der Waals surface area contributed by atoms with Crippen molar-refractivity contribution in [3.8, 4) is 33.5 Å². The van der Waals surface area contributed by atoms with E-state index in [0.29, 0.717) is 0 Å². The molecule has 4 nitrogen and oxygen atoms in total. The predicted octanol–water partition coefficient (Wildman–Crippen LogP) is 10.2. The summed E-state index contributed by atoms with van der Waals surface area (Å²) in [6.45, 7) is 11.1. The fourth-order valence-corrected chi connectivity index (χ4v) is 6.90. The van der Waals surface area contributed by atoms with Crippen LogP contribution in [0.4, 0.5) is 0 Å². The van der Waals surface area contributed by atoms with Gasteiger partial charge in [-0.15, -0.1) is 34.9 Å². The van der Waals surface area contributed by atoms with Crippen LogP contribution in [0.2, 0.25) is 0 Å². The van der Waals surface area contributed by atoms with Gasteiger partial charge in [-0.3, -0.25) is 4.98 Å². The molecule has 0 atom stereocenters. The summed E-state index contributed by atoms with van der Waals surface area (Å²) in [5.74, 6) is -0.990. The number of pyridine rings is 2. The smallest absolute Gasteiger partial charge is 0.354 e. The number of carboxylic acids is 1. The van der Waals surface area contributed by atoms with Crippen molar-refractivity contribution in [1.82, 2.24) is 9.97 Å². The second-order valence-electron chi connectivity index (χ2n) is 11.9. The molecule has 2 heterocycles. The van der Waals surface area contributed by atoms with Crippen LogP contribution in [0, 0.1) is 26.8 Å². The molecule has 4 aromatic carbocycles. The monoisotopic (exact) mass is 782 g/mol. The van der Waals surface area contributed by atoms with Crippen LogP contribution in [0.1, 0.15) is 65.0 Å². The van der Waals surface area contributed by atoms with Crippen LogP contribution in [0.15, 0.2) is 103 Å². The third-order valence-electron chi connectivity index (χ3n) is 9.04. The van der Waals surface area contributed by atoms with E-state index >= 15 is 0 Å². The van der Waals surface area contributed by atoms with Gasteiger partial charge in [0.25, 0.3) is 0 Å². The summed E-state index contributed by atoms with van der Waals surface area (Å²) in [6, 6.07) is 37.6. The Bertz CT molecular complexity index is 2030. The number of aromatic nitrogens is 2. The second kappa shape index (κ2) is 13.5. The SMILES string of the molecule is CCC1(CC)c2ccccc2-c2cc3c(-c4cccc(C)c4)cc(-c4[c-]c(C)cc(C)c4)nc3cc21.O=C(O)c1ccccn1.[Ir]. The minimum atomic E-state index is -0.990. The summed E-state index contributed by atoms with van der Waals surface area (Å²) in [5, 5.41) is 9.54. The van der Waals surface area contributed by atoms with E-state index in [2.05, 4.69) is 125 Å². The second-order valence-corrected chi connectivity index (χ2v) is 11.9. The van der Waals surface area contributed by atoms with Crippen molar-refractivity contribution in [1.29, 1.82) is 0 Å². The molecule has 46 heavy (non-hydrogen) atoms. The maximum atomic E-state index is 10.1. The third kappa shape index (κ3) is 6.05. The molecule has 0 aliphatic heterocycles. The van der Waals surface area contributed by atoms with Crippen LogP contribution in [0.25, 0.3) is 44.4 Å². The first-order valence-electron chi connectivity index (χ1n) is 15.6. The van der Waals surface area contributed by atoms with Crippen molar-refractivity contribution in [2.75, 3.05) is 0 Å². The molecule has 7 rings (SSSR count). The zero-order chi connectivity index (χ0) is 31.7. The molecule has 2 aromatic heterocycles. The Morgan fingerprint density at radius 3 is 2.17 bits per heavy atom. The quantitative estimate of drug-likeness (QED) is 0.177. The fraction of sp³-hybridized carbons (Fsp3) is 0.195. The van der Waals surface area contributed by atoms with Gasteiger partial charge in [0.05, 0.1) is 5.52 Å². The van der Waals surface area contributed by atoms with E-state index < -0.39 is 5.97 Å². The number of hydrogen-bond acceptors (Lipinski definition) is 3. The van der Waals surface area contributed by atoms with Crippen molar-refractivity contribution in [3.63, 3.8) is 0 Å². The number of carboxylic acid groups (broad SMARTS) is 1. The summed E-state index contributed by atoms with van der Waals surface area (Å²) in [4.78, 5) is 19.0. The van der Waals surface area contributed by atoms with Crippen LogP contribution in [0.5, 0.6) is 0 Å². The third-order valence-corrected chi connectivity index (χ3v) is 9.04. The minimum absolute atomic E-state index is 0. The van der Waals surface area contributed by atoms with Crippen molar-refractivity contribution in [2.45, 2.75) is 52.9 Å². The molecule has 233 valence electrons. The molecule has 0 fully saturated rings. The van der Waals surface area contributed by atoms with Crippen LogP contribution < -0.4 is 0 Å². The van der Waals surface area contributed by atoms with E-state index in [1.54, 1.807) is 12.1 Å². The molecule has 1 aliphatic carbocycles. The summed E-state index contributed by atoms with van der Waals surface area (Å²) in [5.41, 5.74) is 15.0. The Morgan fingerprint density at radius 1 is 0.761 bits per heavy atom. The number of nitrogens with zero attached hydrogens (tertiary/aromatic N) is 2. The van der Waals surface area contributed by atoms with Gasteiger partial charge in [-0.2, -0.15) is 0 Å². The first kappa shape index (κ1) is 32.9. The standard InChI is InChI=1S/C35H32N.C6H5NO2.Ir/c1-6-35(7-2)31-14-9-8-13-27(31)29-19-30-28(25-12-10-11-22(3)16-25)20-33(36-34(30)21-32(29)35)26-17-23(4)15-24(5)18-26;8-6(9)5-3-1-2-4-7-5;/h8-17,19-21H,6-7H2,1-5H3;1-4H,(H,8,9);/q-1;;. The molecule has 6 aromatic rings. The molecule has 1 radical (unpaired) electrons. The molecule has 5 heteroatoms. The van der Waals surface area contributed by atoms with E-state index in [1.807, 2.05) is 0 Å². The van der Waals surface area contributed by atoms with Crippen LogP contribution >= 0.6 is 0 Å². The van der Waals surface area contributed by atoms with Crippen molar-refractivity contribution in [2.24, 2.45) is 0 Å². The summed E-state index contributed by atoms with van der Waals surface area (Å²) >= 11 is 0. The van der Waals surface area contributed by atoms with E-state index in [1.165, 1.54) is 62.2 Å². The van der Waals surface area contributed by atoms with Gasteiger partial charge in [0.1, 0.15) is 5.69 Å². The molecule has 0 amide bonds. The first-order valence-corrected chi connectivity index (χ1v) is 15.6. The molecule has 0 saturated heterocycles. The zero-order valence-electron chi connectivity index (χ0n) is 26.8. The van der Waals surface area contributed by atoms with E-state index in [4.69, 9.17) is 10.1 Å². The Balaban J connectivity index is 0.000000362. The Kier molecular flexibility index (Phi) is 9.67. The van der Waals surface area contributed by atoms with Crippen molar-refractivity contribution >= 4 is 16.9 Å². The molecule has 0 unspecified atom stereocenters. The fourth-order valence-electron chi connectivity index (χ4n) is 6.90. The summed E-state index contributed by atoms with van der Waals surface area (Å²) < 4.78 is 0. The Hall–Kier alpha value is -4.44. The van der Waals surface area contributed by atoms with Gasteiger partial charge in [0, 0.05) is 37.1 Å². The average Bonchev–Trinajstić information content (AvgIpc) is 3.32. The number of rotatable bonds is 5. The normalized spacial score (nSPS) is 12.4. The topological polar surface area (TPSA) is 63.1 Å². The maximum absolute atomic E-state index is 10.1. The van der Waals surface area contributed by atoms with Gasteiger partial charge in [0.15, 0.2) is 0 Å². The number of hydrogen-bond donors (Lipinski definition) is 1. The first-order chi connectivity index (χ1) is 21.7. The maximum Gasteiger partial charge on any atom is 0.354 e. The summed E-state index contributed by atoms with van der Waals surface area (Å²) in [7, 11) is 0. The Labute approximate surface area is 284 Å². The molecule has 0 spiro atoms. The zero-order valence-corrected chi connectivity index (χ0v) is 29.2. The van der Waals surface area contributed by atoms with Gasteiger partial charge in [-0.1, -0.05) is 93.9 Å². The predicted molar refractivity (Wildman–Crippen MR) is 184 cm³/mol. The van der Waals surface area contributed by atoms with Crippen molar-refractivity contribution < 1.29 is 30.0 Å². The van der Waals surface area contributed by atoms with E-state index in [-0.39, 0.29) is 31.2 Å². The molecular weight excluding hydrogens is 745 g/mol. The molecule has 1 aliphatic rings. The molecule has 0 bridgehead atoms. The van der Waals surface area contributed by atoms with Gasteiger partial charge >= 0.3 is 5.97 Å². The number of carbonyl (C=O) groups is 1. The number of aromatic carboxylic acids is 1. The average molecular weight is 782 g/mol. The molecular formula is C41H37IrN2O2-. The number of benzene rings is 4. The number of fused-ring (bicyclic) bond motifs is 4. The largest absolute Gasteiger partial charge is 0.477 e. The van der Waals surface area contributed by atoms with Crippen LogP contribution in [-0.2, 0) is 25.5 Å². The molecule has 1 N–H and O–H groups in total. The van der Waals surface area contributed by atoms with E-state index in [9.17, 15) is 4.79 Å². The van der Waals surface area contributed by atoms with Gasteiger partial charge in [-0.05, 0) is 83.1 Å². The van der Waals surface area contributed by atoms with Gasteiger partial charge in [0.2, 0.25) is 0 Å². The van der Waals surface area contributed by atoms with Gasteiger partial charge in [-0.25, -0.2) is 9.78 Å². The van der Waals surface area contributed by atoms with Crippen LogP contribution in [0.3, 0.4) is 0 Å². The number of aryl methyl sites for hydroxylation is 3. The summed E-state index contributed by atoms with van der Waals surface area (Å²) in [6.07, 6.45) is 3.60. The molecule has 0 saturated carbocycles.